The number of carbonyl (C=O) groups is 1. The molecule has 0 unspecified atom stereocenters. The first-order valence-electron chi connectivity index (χ1n) is 6.45. The van der Waals surface area contributed by atoms with Gasteiger partial charge in [-0.2, -0.15) is 0 Å². The van der Waals surface area contributed by atoms with Crippen molar-refractivity contribution in [2.24, 2.45) is 0 Å². The molecule has 0 aliphatic rings. The highest BCUT2D eigenvalue weighted by Crippen LogP contribution is 2.22. The molecule has 1 heterocycles. The lowest BCUT2D eigenvalue weighted by Crippen LogP contribution is -2.29. The third-order valence-electron chi connectivity index (χ3n) is 2.72. The van der Waals surface area contributed by atoms with Crippen molar-refractivity contribution in [1.29, 1.82) is 0 Å². The molecule has 0 saturated carbocycles. The topological polar surface area (TPSA) is 47.6 Å². The van der Waals surface area contributed by atoms with Gasteiger partial charge in [-0.1, -0.05) is 0 Å². The van der Waals surface area contributed by atoms with Crippen molar-refractivity contribution < 1.29 is 14.3 Å². The van der Waals surface area contributed by atoms with E-state index in [4.69, 9.17) is 9.47 Å². The number of thiophene rings is 1. The molecule has 112 valence electrons. The monoisotopic (exact) mass is 369 g/mol. The average Bonchev–Trinajstić information content (AvgIpc) is 2.89. The van der Waals surface area contributed by atoms with E-state index < -0.39 is 0 Å². The Balaban J connectivity index is 1.65. The normalized spacial score (nSPS) is 10.2. The molecule has 6 heteroatoms. The molecule has 0 spiro atoms. The van der Waals surface area contributed by atoms with Crippen LogP contribution in [0.2, 0.25) is 0 Å². The van der Waals surface area contributed by atoms with E-state index in [-0.39, 0.29) is 5.91 Å². The van der Waals surface area contributed by atoms with Crippen molar-refractivity contribution in [2.45, 2.75) is 6.42 Å². The number of hydrogen-bond acceptors (Lipinski definition) is 4. The first kappa shape index (κ1) is 15.9. The number of carbonyl (C=O) groups excluding carboxylic acids is 1. The summed E-state index contributed by atoms with van der Waals surface area (Å²) in [5.41, 5.74) is 0. The number of benzene rings is 1. The molecule has 21 heavy (non-hydrogen) atoms. The van der Waals surface area contributed by atoms with Crippen LogP contribution < -0.4 is 14.8 Å². The van der Waals surface area contributed by atoms with Crippen LogP contribution in [0.5, 0.6) is 11.5 Å². The van der Waals surface area contributed by atoms with Gasteiger partial charge in [0.25, 0.3) is 0 Å². The summed E-state index contributed by atoms with van der Waals surface area (Å²) in [6, 6.07) is 11.2. The second kappa shape index (κ2) is 8.05. The second-order valence-electron chi connectivity index (χ2n) is 4.26. The molecule has 0 aliphatic heterocycles. The molecule has 4 nitrogen and oxygen atoms in total. The Morgan fingerprint density at radius 1 is 1.19 bits per heavy atom. The molecule has 0 atom stereocenters. The predicted octanol–water partition coefficient (Wildman–Crippen LogP) is 3.26. The van der Waals surface area contributed by atoms with Crippen LogP contribution in [0.3, 0.4) is 0 Å². The summed E-state index contributed by atoms with van der Waals surface area (Å²) in [7, 11) is 1.62. The molecule has 2 aromatic rings. The summed E-state index contributed by atoms with van der Waals surface area (Å²) in [4.78, 5) is 12.8. The van der Waals surface area contributed by atoms with Crippen LogP contribution >= 0.6 is 27.3 Å². The minimum Gasteiger partial charge on any atom is -0.497 e. The Morgan fingerprint density at radius 2 is 1.90 bits per heavy atom. The van der Waals surface area contributed by atoms with E-state index >= 15 is 0 Å². The van der Waals surface area contributed by atoms with E-state index in [1.807, 2.05) is 36.4 Å². The number of amides is 1. The molecule has 0 radical (unpaired) electrons. The molecule has 1 amide bonds. The summed E-state index contributed by atoms with van der Waals surface area (Å²) in [6.07, 6.45) is 0.402. The zero-order valence-corrected chi connectivity index (χ0v) is 14.0. The fourth-order valence-electron chi connectivity index (χ4n) is 1.70. The molecule has 0 saturated heterocycles. The lowest BCUT2D eigenvalue weighted by atomic mass is 10.3. The number of methoxy groups -OCH3 is 1. The number of ether oxygens (including phenoxy) is 2. The van der Waals surface area contributed by atoms with Gasteiger partial charge in [-0.25, -0.2) is 0 Å². The van der Waals surface area contributed by atoms with Crippen molar-refractivity contribution >= 4 is 33.2 Å². The van der Waals surface area contributed by atoms with E-state index in [1.165, 1.54) is 0 Å². The Bertz CT molecular complexity index is 583. The zero-order chi connectivity index (χ0) is 15.1. The number of nitrogens with one attached hydrogen (secondary N) is 1. The highest BCUT2D eigenvalue weighted by molar-refractivity contribution is 9.11. The van der Waals surface area contributed by atoms with Crippen LogP contribution in [0.4, 0.5) is 0 Å². The van der Waals surface area contributed by atoms with E-state index in [1.54, 1.807) is 18.4 Å². The summed E-state index contributed by atoms with van der Waals surface area (Å²) in [5.74, 6) is 1.55. The smallest absolute Gasteiger partial charge is 0.225 e. The highest BCUT2D eigenvalue weighted by atomic mass is 79.9. The van der Waals surface area contributed by atoms with Crippen LogP contribution in [0.15, 0.2) is 40.2 Å². The molecule has 0 aliphatic carbocycles. The highest BCUT2D eigenvalue weighted by Gasteiger charge is 2.05. The quantitative estimate of drug-likeness (QED) is 0.762. The van der Waals surface area contributed by atoms with Crippen molar-refractivity contribution in [3.8, 4) is 11.5 Å². The Morgan fingerprint density at radius 3 is 2.52 bits per heavy atom. The molecule has 1 aromatic carbocycles. The standard InChI is InChI=1S/C15H16BrNO3S/c1-19-11-2-4-12(5-3-11)20-9-8-17-15(18)10-13-6-7-14(16)21-13/h2-7H,8-10H2,1H3,(H,17,18). The molecule has 1 aromatic heterocycles. The van der Waals surface area contributed by atoms with Crippen molar-refractivity contribution in [1.82, 2.24) is 5.32 Å². The van der Waals surface area contributed by atoms with Gasteiger partial charge in [0.15, 0.2) is 0 Å². The van der Waals surface area contributed by atoms with Crippen LogP contribution in [-0.4, -0.2) is 26.2 Å². The summed E-state index contributed by atoms with van der Waals surface area (Å²) in [5, 5.41) is 2.84. The van der Waals surface area contributed by atoms with E-state index in [0.29, 0.717) is 19.6 Å². The van der Waals surface area contributed by atoms with Crippen LogP contribution in [0.25, 0.3) is 0 Å². The third kappa shape index (κ3) is 5.40. The maximum atomic E-state index is 11.7. The molecule has 1 N–H and O–H groups in total. The zero-order valence-electron chi connectivity index (χ0n) is 11.6. The predicted molar refractivity (Wildman–Crippen MR) is 87.2 cm³/mol. The Hall–Kier alpha value is -1.53. The van der Waals surface area contributed by atoms with Crippen molar-refractivity contribution in [3.63, 3.8) is 0 Å². The summed E-state index contributed by atoms with van der Waals surface area (Å²) in [6.45, 7) is 0.920. The first-order chi connectivity index (χ1) is 10.2. The first-order valence-corrected chi connectivity index (χ1v) is 8.06. The van der Waals surface area contributed by atoms with Gasteiger partial charge in [0.2, 0.25) is 5.91 Å². The van der Waals surface area contributed by atoms with Gasteiger partial charge in [-0.05, 0) is 52.3 Å². The Kier molecular flexibility index (Phi) is 6.07. The summed E-state index contributed by atoms with van der Waals surface area (Å²) < 4.78 is 11.6. The Labute approximate surface area is 136 Å². The van der Waals surface area contributed by atoms with Gasteiger partial charge in [0, 0.05) is 4.88 Å². The van der Waals surface area contributed by atoms with Gasteiger partial charge >= 0.3 is 0 Å². The van der Waals surface area contributed by atoms with Gasteiger partial charge in [-0.15, -0.1) is 11.3 Å². The van der Waals surface area contributed by atoms with Crippen molar-refractivity contribution in [2.75, 3.05) is 20.3 Å². The third-order valence-corrected chi connectivity index (χ3v) is 4.34. The molecular formula is C15H16BrNO3S. The molecular weight excluding hydrogens is 354 g/mol. The van der Waals surface area contributed by atoms with E-state index in [9.17, 15) is 4.79 Å². The average molecular weight is 370 g/mol. The van der Waals surface area contributed by atoms with E-state index in [2.05, 4.69) is 21.2 Å². The maximum Gasteiger partial charge on any atom is 0.225 e. The van der Waals surface area contributed by atoms with Crippen LogP contribution in [0.1, 0.15) is 4.88 Å². The maximum absolute atomic E-state index is 11.7. The van der Waals surface area contributed by atoms with Gasteiger partial charge in [-0.3, -0.25) is 4.79 Å². The second-order valence-corrected chi connectivity index (χ2v) is 6.80. The minimum absolute atomic E-state index is 0.00248. The lowest BCUT2D eigenvalue weighted by Gasteiger charge is -2.08. The molecule has 0 bridgehead atoms. The van der Waals surface area contributed by atoms with Crippen molar-refractivity contribution in [3.05, 3.63) is 45.1 Å². The lowest BCUT2D eigenvalue weighted by molar-refractivity contribution is -0.120. The number of hydrogen-bond donors (Lipinski definition) is 1. The van der Waals surface area contributed by atoms with Crippen LogP contribution in [-0.2, 0) is 11.2 Å². The minimum atomic E-state index is 0.00248. The summed E-state index contributed by atoms with van der Waals surface area (Å²) >= 11 is 4.95. The van der Waals surface area contributed by atoms with Crippen LogP contribution in [0, 0.1) is 0 Å². The number of halogens is 1. The van der Waals surface area contributed by atoms with Gasteiger partial charge in [0.1, 0.15) is 18.1 Å². The largest absolute Gasteiger partial charge is 0.497 e. The SMILES string of the molecule is COc1ccc(OCCNC(=O)Cc2ccc(Br)s2)cc1. The fourth-order valence-corrected chi connectivity index (χ4v) is 3.18. The number of rotatable bonds is 7. The van der Waals surface area contributed by atoms with Gasteiger partial charge in [0.05, 0.1) is 23.9 Å². The molecule has 2 rings (SSSR count). The van der Waals surface area contributed by atoms with Gasteiger partial charge < -0.3 is 14.8 Å². The fraction of sp³-hybridized carbons (Fsp3) is 0.267. The molecule has 0 fully saturated rings. The van der Waals surface area contributed by atoms with E-state index in [0.717, 1.165) is 20.2 Å².